The first kappa shape index (κ1) is 18.9. The third kappa shape index (κ3) is 4.79. The lowest BCUT2D eigenvalue weighted by Crippen LogP contribution is -2.13. The average molecular weight is 364 g/mol. The summed E-state index contributed by atoms with van der Waals surface area (Å²) < 4.78 is 16.1. The van der Waals surface area contributed by atoms with E-state index in [4.69, 9.17) is 25.8 Å². The largest absolute Gasteiger partial charge is 0.493 e. The highest BCUT2D eigenvalue weighted by atomic mass is 35.5. The van der Waals surface area contributed by atoms with Crippen molar-refractivity contribution in [1.29, 1.82) is 0 Å². The minimum Gasteiger partial charge on any atom is -0.493 e. The maximum Gasteiger partial charge on any atom is 0.259 e. The van der Waals surface area contributed by atoms with Gasteiger partial charge in [0.1, 0.15) is 5.75 Å². The van der Waals surface area contributed by atoms with Crippen molar-refractivity contribution in [3.05, 3.63) is 47.0 Å². The van der Waals surface area contributed by atoms with Crippen molar-refractivity contribution in [2.75, 3.05) is 26.1 Å². The molecule has 5 nitrogen and oxygen atoms in total. The fourth-order valence-electron chi connectivity index (χ4n) is 2.22. The van der Waals surface area contributed by atoms with Gasteiger partial charge in [-0.1, -0.05) is 31.5 Å². The highest BCUT2D eigenvalue weighted by Gasteiger charge is 2.17. The normalized spacial score (nSPS) is 10.5. The van der Waals surface area contributed by atoms with Crippen LogP contribution in [0, 0.1) is 5.92 Å². The Hall–Kier alpha value is -2.40. The van der Waals surface area contributed by atoms with Gasteiger partial charge in [0.25, 0.3) is 5.91 Å². The van der Waals surface area contributed by atoms with Crippen LogP contribution in [0.3, 0.4) is 0 Å². The molecule has 1 amide bonds. The van der Waals surface area contributed by atoms with Gasteiger partial charge in [-0.25, -0.2) is 0 Å². The van der Waals surface area contributed by atoms with Gasteiger partial charge in [0.2, 0.25) is 0 Å². The number of carbonyl (C=O) groups excluding carboxylic acids is 1. The third-order valence-electron chi connectivity index (χ3n) is 3.41. The molecule has 0 aliphatic heterocycles. The number of amides is 1. The molecular weight excluding hydrogens is 342 g/mol. The number of para-hydroxylation sites is 1. The Morgan fingerprint density at radius 1 is 1.12 bits per heavy atom. The molecule has 0 aromatic heterocycles. The number of rotatable bonds is 7. The van der Waals surface area contributed by atoms with E-state index in [1.54, 1.807) is 36.4 Å². The zero-order chi connectivity index (χ0) is 18.4. The number of hydrogen-bond acceptors (Lipinski definition) is 4. The van der Waals surface area contributed by atoms with Gasteiger partial charge in [-0.2, -0.15) is 0 Å². The molecule has 2 aromatic carbocycles. The molecule has 0 heterocycles. The van der Waals surface area contributed by atoms with Gasteiger partial charge in [0, 0.05) is 5.69 Å². The standard InChI is InChI=1S/C19H22ClNO4/c1-12(2)11-25-16-9-8-13(10-15(16)20)21-19(22)14-6-5-7-17(23-3)18(14)24-4/h5-10,12H,11H2,1-4H3,(H,21,22). The maximum atomic E-state index is 12.6. The summed E-state index contributed by atoms with van der Waals surface area (Å²) in [6.07, 6.45) is 0. The highest BCUT2D eigenvalue weighted by Crippen LogP contribution is 2.32. The van der Waals surface area contributed by atoms with Gasteiger partial charge in [0.05, 0.1) is 31.4 Å². The predicted molar refractivity (Wildman–Crippen MR) is 99.3 cm³/mol. The molecule has 0 spiro atoms. The van der Waals surface area contributed by atoms with E-state index in [9.17, 15) is 4.79 Å². The van der Waals surface area contributed by atoms with Crippen LogP contribution in [0.15, 0.2) is 36.4 Å². The van der Waals surface area contributed by atoms with E-state index >= 15 is 0 Å². The van der Waals surface area contributed by atoms with Crippen LogP contribution in [-0.4, -0.2) is 26.7 Å². The lowest BCUT2D eigenvalue weighted by Gasteiger charge is -2.14. The Balaban J connectivity index is 2.17. The van der Waals surface area contributed by atoms with Gasteiger partial charge in [-0.15, -0.1) is 0 Å². The second kappa shape index (κ2) is 8.62. The first-order chi connectivity index (χ1) is 12.0. The van der Waals surface area contributed by atoms with E-state index in [0.29, 0.717) is 46.0 Å². The molecule has 2 aromatic rings. The van der Waals surface area contributed by atoms with E-state index < -0.39 is 0 Å². The van der Waals surface area contributed by atoms with Crippen molar-refractivity contribution in [2.24, 2.45) is 5.92 Å². The number of carbonyl (C=O) groups is 1. The Bertz CT molecular complexity index is 746. The van der Waals surface area contributed by atoms with E-state index in [1.165, 1.54) is 14.2 Å². The quantitative estimate of drug-likeness (QED) is 0.778. The minimum atomic E-state index is -0.317. The average Bonchev–Trinajstić information content (AvgIpc) is 2.59. The Morgan fingerprint density at radius 2 is 1.88 bits per heavy atom. The van der Waals surface area contributed by atoms with Gasteiger partial charge < -0.3 is 19.5 Å². The molecule has 25 heavy (non-hydrogen) atoms. The van der Waals surface area contributed by atoms with Crippen molar-refractivity contribution >= 4 is 23.2 Å². The number of anilines is 1. The van der Waals surface area contributed by atoms with Gasteiger partial charge in [-0.05, 0) is 36.2 Å². The molecule has 0 saturated carbocycles. The molecule has 134 valence electrons. The summed E-state index contributed by atoms with van der Waals surface area (Å²) in [7, 11) is 3.02. The number of nitrogens with one attached hydrogen (secondary N) is 1. The van der Waals surface area contributed by atoms with Gasteiger partial charge in [0.15, 0.2) is 11.5 Å². The molecule has 0 aliphatic carbocycles. The fourth-order valence-corrected chi connectivity index (χ4v) is 2.45. The second-order valence-electron chi connectivity index (χ2n) is 5.85. The first-order valence-electron chi connectivity index (χ1n) is 7.91. The van der Waals surface area contributed by atoms with E-state index in [2.05, 4.69) is 19.2 Å². The van der Waals surface area contributed by atoms with Crippen LogP contribution in [0.2, 0.25) is 5.02 Å². The van der Waals surface area contributed by atoms with Crippen molar-refractivity contribution < 1.29 is 19.0 Å². The Morgan fingerprint density at radius 3 is 2.48 bits per heavy atom. The topological polar surface area (TPSA) is 56.8 Å². The number of ether oxygens (including phenoxy) is 3. The summed E-state index contributed by atoms with van der Waals surface area (Å²) >= 11 is 6.23. The maximum absolute atomic E-state index is 12.6. The van der Waals surface area contributed by atoms with Crippen molar-refractivity contribution in [3.8, 4) is 17.2 Å². The number of benzene rings is 2. The SMILES string of the molecule is COc1cccc(C(=O)Nc2ccc(OCC(C)C)c(Cl)c2)c1OC. The van der Waals surface area contributed by atoms with Gasteiger partial charge in [-0.3, -0.25) is 4.79 Å². The molecule has 2 rings (SSSR count). The summed E-state index contributed by atoms with van der Waals surface area (Å²) in [6, 6.07) is 10.3. The second-order valence-corrected chi connectivity index (χ2v) is 6.25. The van der Waals surface area contributed by atoms with Crippen molar-refractivity contribution in [2.45, 2.75) is 13.8 Å². The summed E-state index contributed by atoms with van der Waals surface area (Å²) in [5.74, 6) is 1.54. The minimum absolute atomic E-state index is 0.317. The molecule has 0 atom stereocenters. The number of hydrogen-bond donors (Lipinski definition) is 1. The van der Waals surface area contributed by atoms with Crippen LogP contribution in [-0.2, 0) is 0 Å². The Kier molecular flexibility index (Phi) is 6.53. The summed E-state index contributed by atoms with van der Waals surface area (Å²) in [5, 5.41) is 3.24. The summed E-state index contributed by atoms with van der Waals surface area (Å²) in [6.45, 7) is 4.69. The lowest BCUT2D eigenvalue weighted by molar-refractivity contribution is 0.102. The van der Waals surface area contributed by atoms with Crippen molar-refractivity contribution in [1.82, 2.24) is 0 Å². The van der Waals surface area contributed by atoms with Crippen molar-refractivity contribution in [3.63, 3.8) is 0 Å². The molecule has 0 aliphatic rings. The Labute approximate surface area is 152 Å². The van der Waals surface area contributed by atoms with Gasteiger partial charge >= 0.3 is 0 Å². The molecule has 0 fully saturated rings. The highest BCUT2D eigenvalue weighted by molar-refractivity contribution is 6.32. The van der Waals surface area contributed by atoms with Crippen LogP contribution in [0.4, 0.5) is 5.69 Å². The summed E-state index contributed by atoms with van der Waals surface area (Å²) in [4.78, 5) is 12.6. The van der Waals surface area contributed by atoms with E-state index in [1.807, 2.05) is 0 Å². The third-order valence-corrected chi connectivity index (χ3v) is 3.70. The summed E-state index contributed by atoms with van der Waals surface area (Å²) in [5.41, 5.74) is 0.940. The molecule has 0 unspecified atom stereocenters. The number of methoxy groups -OCH3 is 2. The zero-order valence-electron chi connectivity index (χ0n) is 14.8. The fraction of sp³-hybridized carbons (Fsp3) is 0.316. The molecule has 0 radical (unpaired) electrons. The van der Waals surface area contributed by atoms with E-state index in [0.717, 1.165) is 0 Å². The predicted octanol–water partition coefficient (Wildman–Crippen LogP) is 4.64. The van der Waals surface area contributed by atoms with Crippen LogP contribution in [0.1, 0.15) is 24.2 Å². The smallest absolute Gasteiger partial charge is 0.259 e. The molecule has 6 heteroatoms. The molecule has 0 saturated heterocycles. The lowest BCUT2D eigenvalue weighted by atomic mass is 10.1. The first-order valence-corrected chi connectivity index (χ1v) is 8.28. The van der Waals surface area contributed by atoms with Crippen LogP contribution < -0.4 is 19.5 Å². The van der Waals surface area contributed by atoms with Crippen LogP contribution in [0.5, 0.6) is 17.2 Å². The number of halogens is 1. The zero-order valence-corrected chi connectivity index (χ0v) is 15.5. The molecule has 0 bridgehead atoms. The monoisotopic (exact) mass is 363 g/mol. The van der Waals surface area contributed by atoms with E-state index in [-0.39, 0.29) is 5.91 Å². The van der Waals surface area contributed by atoms with Crippen LogP contribution >= 0.6 is 11.6 Å². The molecule has 1 N–H and O–H groups in total. The van der Waals surface area contributed by atoms with Crippen LogP contribution in [0.25, 0.3) is 0 Å². The molecular formula is C19H22ClNO4.